The van der Waals surface area contributed by atoms with Crippen molar-refractivity contribution < 1.29 is 4.42 Å². The van der Waals surface area contributed by atoms with Crippen LogP contribution in [0.2, 0.25) is 5.02 Å². The Balaban J connectivity index is 2.30. The summed E-state index contributed by atoms with van der Waals surface area (Å²) in [5.74, 6) is 1.61. The Bertz CT molecular complexity index is 464. The quantitative estimate of drug-likeness (QED) is 0.748. The molecule has 0 N–H and O–H groups in total. The van der Waals surface area contributed by atoms with Gasteiger partial charge in [-0.15, -0.1) is 0 Å². The topological polar surface area (TPSA) is 13.1 Å². The van der Waals surface area contributed by atoms with Crippen molar-refractivity contribution in [2.45, 2.75) is 13.3 Å². The first-order valence-corrected chi connectivity index (χ1v) is 6.43. The zero-order chi connectivity index (χ0) is 10.8. The van der Waals surface area contributed by atoms with Crippen molar-refractivity contribution >= 4 is 38.5 Å². The van der Waals surface area contributed by atoms with E-state index in [0.29, 0.717) is 5.92 Å². The van der Waals surface area contributed by atoms with Crippen molar-refractivity contribution in [1.82, 2.24) is 0 Å². The molecule has 0 saturated carbocycles. The van der Waals surface area contributed by atoms with Crippen LogP contribution >= 0.6 is 27.5 Å². The smallest absolute Gasteiger partial charge is 0.134 e. The average molecular weight is 288 g/mol. The highest BCUT2D eigenvalue weighted by Crippen LogP contribution is 2.24. The van der Waals surface area contributed by atoms with Gasteiger partial charge in [-0.05, 0) is 30.2 Å². The van der Waals surface area contributed by atoms with Gasteiger partial charge in [0.05, 0.1) is 0 Å². The van der Waals surface area contributed by atoms with E-state index in [1.807, 2.05) is 18.2 Å². The molecule has 1 unspecified atom stereocenters. The molecule has 0 saturated heterocycles. The summed E-state index contributed by atoms with van der Waals surface area (Å²) in [5, 5.41) is 2.83. The SMILES string of the molecule is CC(CBr)Cc1cc2cc(Cl)ccc2o1. The molecule has 2 aromatic rings. The van der Waals surface area contributed by atoms with Crippen LogP contribution in [0.3, 0.4) is 0 Å². The van der Waals surface area contributed by atoms with E-state index >= 15 is 0 Å². The van der Waals surface area contributed by atoms with Gasteiger partial charge in [0, 0.05) is 22.2 Å². The van der Waals surface area contributed by atoms with Gasteiger partial charge in [0.15, 0.2) is 0 Å². The minimum absolute atomic E-state index is 0.584. The minimum Gasteiger partial charge on any atom is -0.461 e. The van der Waals surface area contributed by atoms with E-state index in [1.54, 1.807) is 0 Å². The van der Waals surface area contributed by atoms with Gasteiger partial charge in [-0.1, -0.05) is 34.5 Å². The third-order valence-corrected chi connectivity index (χ3v) is 3.68. The molecule has 3 heteroatoms. The highest BCUT2D eigenvalue weighted by Gasteiger charge is 2.07. The second-order valence-corrected chi connectivity index (χ2v) is 4.94. The molecule has 0 radical (unpaired) electrons. The van der Waals surface area contributed by atoms with Gasteiger partial charge in [-0.3, -0.25) is 0 Å². The number of furan rings is 1. The molecule has 0 aliphatic carbocycles. The van der Waals surface area contributed by atoms with Crippen LogP contribution in [-0.4, -0.2) is 5.33 Å². The third kappa shape index (κ3) is 2.56. The Hall–Kier alpha value is -0.470. The molecule has 0 aliphatic rings. The van der Waals surface area contributed by atoms with E-state index in [-0.39, 0.29) is 0 Å². The normalized spacial score (nSPS) is 13.3. The molecule has 1 aromatic carbocycles. The van der Waals surface area contributed by atoms with Gasteiger partial charge >= 0.3 is 0 Å². The van der Waals surface area contributed by atoms with Crippen molar-refractivity contribution in [3.63, 3.8) is 0 Å². The fourth-order valence-corrected chi connectivity index (χ4v) is 1.98. The number of benzene rings is 1. The van der Waals surface area contributed by atoms with Crippen molar-refractivity contribution in [3.05, 3.63) is 35.0 Å². The predicted octanol–water partition coefficient (Wildman–Crippen LogP) is 4.66. The molecule has 2 rings (SSSR count). The van der Waals surface area contributed by atoms with E-state index in [2.05, 4.69) is 28.9 Å². The molecule has 1 atom stereocenters. The second-order valence-electron chi connectivity index (χ2n) is 3.86. The Morgan fingerprint density at radius 3 is 2.93 bits per heavy atom. The summed E-state index contributed by atoms with van der Waals surface area (Å²) in [4.78, 5) is 0. The molecule has 80 valence electrons. The maximum absolute atomic E-state index is 5.91. The molecule has 1 heterocycles. The summed E-state index contributed by atoms with van der Waals surface area (Å²) in [6.07, 6.45) is 0.956. The maximum Gasteiger partial charge on any atom is 0.134 e. The number of hydrogen-bond acceptors (Lipinski definition) is 1. The zero-order valence-corrected chi connectivity index (χ0v) is 10.8. The van der Waals surface area contributed by atoms with Crippen molar-refractivity contribution in [2.75, 3.05) is 5.33 Å². The molecule has 0 amide bonds. The maximum atomic E-state index is 5.91. The predicted molar refractivity (Wildman–Crippen MR) is 67.9 cm³/mol. The fraction of sp³-hybridized carbons (Fsp3) is 0.333. The zero-order valence-electron chi connectivity index (χ0n) is 8.47. The minimum atomic E-state index is 0.584. The van der Waals surface area contributed by atoms with Crippen LogP contribution in [0.4, 0.5) is 0 Å². The Morgan fingerprint density at radius 1 is 1.40 bits per heavy atom. The molecule has 1 aromatic heterocycles. The van der Waals surface area contributed by atoms with Gasteiger partial charge < -0.3 is 4.42 Å². The number of alkyl halides is 1. The van der Waals surface area contributed by atoms with Gasteiger partial charge in [0.1, 0.15) is 11.3 Å². The summed E-state index contributed by atoms with van der Waals surface area (Å²) < 4.78 is 5.72. The molecule has 15 heavy (non-hydrogen) atoms. The summed E-state index contributed by atoms with van der Waals surface area (Å²) >= 11 is 9.38. The number of rotatable bonds is 3. The van der Waals surface area contributed by atoms with E-state index in [4.69, 9.17) is 16.0 Å². The van der Waals surface area contributed by atoms with Gasteiger partial charge in [0.2, 0.25) is 0 Å². The molecular formula is C12H12BrClO. The summed E-state index contributed by atoms with van der Waals surface area (Å²) in [6.45, 7) is 2.19. The van der Waals surface area contributed by atoms with E-state index in [1.165, 1.54) is 0 Å². The van der Waals surface area contributed by atoms with Crippen LogP contribution in [0.15, 0.2) is 28.7 Å². The Morgan fingerprint density at radius 2 is 2.20 bits per heavy atom. The largest absolute Gasteiger partial charge is 0.461 e. The molecule has 0 bridgehead atoms. The summed E-state index contributed by atoms with van der Waals surface area (Å²) in [6, 6.07) is 7.77. The standard InChI is InChI=1S/C12H12BrClO/c1-8(7-13)4-11-6-9-5-10(14)2-3-12(9)15-11/h2-3,5-6,8H,4,7H2,1H3. The van der Waals surface area contributed by atoms with Gasteiger partial charge in [0.25, 0.3) is 0 Å². The number of halogens is 2. The Labute approximate surface area is 103 Å². The molecule has 0 aliphatic heterocycles. The lowest BCUT2D eigenvalue weighted by Crippen LogP contribution is -1.98. The average Bonchev–Trinajstić information content (AvgIpc) is 2.59. The van der Waals surface area contributed by atoms with Crippen molar-refractivity contribution in [2.24, 2.45) is 5.92 Å². The molecular weight excluding hydrogens is 275 g/mol. The lowest BCUT2D eigenvalue weighted by Gasteiger charge is -2.02. The monoisotopic (exact) mass is 286 g/mol. The van der Waals surface area contributed by atoms with E-state index in [0.717, 1.165) is 33.5 Å². The highest BCUT2D eigenvalue weighted by atomic mass is 79.9. The molecule has 1 nitrogen and oxygen atoms in total. The van der Waals surface area contributed by atoms with Crippen molar-refractivity contribution in [1.29, 1.82) is 0 Å². The van der Waals surface area contributed by atoms with Crippen LogP contribution < -0.4 is 0 Å². The summed E-state index contributed by atoms with van der Waals surface area (Å²) in [7, 11) is 0. The molecule has 0 fully saturated rings. The van der Waals surface area contributed by atoms with Crippen LogP contribution in [0.25, 0.3) is 11.0 Å². The first-order chi connectivity index (χ1) is 7.19. The summed E-state index contributed by atoms with van der Waals surface area (Å²) in [5.41, 5.74) is 0.913. The first-order valence-electron chi connectivity index (χ1n) is 4.93. The lowest BCUT2D eigenvalue weighted by atomic mass is 10.1. The van der Waals surface area contributed by atoms with Crippen LogP contribution in [0, 0.1) is 5.92 Å². The number of hydrogen-bond donors (Lipinski definition) is 0. The van der Waals surface area contributed by atoms with Gasteiger partial charge in [-0.25, -0.2) is 0 Å². The highest BCUT2D eigenvalue weighted by molar-refractivity contribution is 9.09. The second kappa shape index (κ2) is 4.58. The van der Waals surface area contributed by atoms with Crippen LogP contribution in [-0.2, 0) is 6.42 Å². The third-order valence-electron chi connectivity index (χ3n) is 2.34. The van der Waals surface area contributed by atoms with Crippen molar-refractivity contribution in [3.8, 4) is 0 Å². The molecule has 0 spiro atoms. The van der Waals surface area contributed by atoms with E-state index < -0.39 is 0 Å². The lowest BCUT2D eigenvalue weighted by molar-refractivity contribution is 0.504. The van der Waals surface area contributed by atoms with Crippen LogP contribution in [0.5, 0.6) is 0 Å². The number of fused-ring (bicyclic) bond motifs is 1. The van der Waals surface area contributed by atoms with Crippen LogP contribution in [0.1, 0.15) is 12.7 Å². The Kier molecular flexibility index (Phi) is 3.37. The first kappa shape index (κ1) is 11.0. The van der Waals surface area contributed by atoms with Gasteiger partial charge in [-0.2, -0.15) is 0 Å². The van der Waals surface area contributed by atoms with E-state index in [9.17, 15) is 0 Å². The fourth-order valence-electron chi connectivity index (χ4n) is 1.57.